The van der Waals surface area contributed by atoms with Crippen LogP contribution in [0.1, 0.15) is 52.7 Å². The van der Waals surface area contributed by atoms with Crippen molar-refractivity contribution in [3.05, 3.63) is 53.7 Å². The number of methoxy groups -OCH3 is 1. The molecule has 7 heteroatoms. The highest BCUT2D eigenvalue weighted by molar-refractivity contribution is 6.22. The number of aromatic nitrogens is 1. The molecular formula is C25H34N4O3. The number of anilines is 2. The second-order valence-corrected chi connectivity index (χ2v) is 9.92. The SMILES string of the molecule is COCC(C)Nc1cc(CN2C(=O)N(c3ccc(C(C)(C)C)cc3)C(=O)C2(C)C)ccn1. The number of carbonyl (C=O) groups excluding carboxylic acids is 2. The van der Waals surface area contributed by atoms with Crippen LogP contribution in [-0.4, -0.2) is 47.1 Å². The van der Waals surface area contributed by atoms with Gasteiger partial charge in [-0.05, 0) is 61.6 Å². The fraction of sp³-hybridized carbons (Fsp3) is 0.480. The van der Waals surface area contributed by atoms with E-state index in [1.807, 2.05) is 43.3 Å². The largest absolute Gasteiger partial charge is 0.383 e. The summed E-state index contributed by atoms with van der Waals surface area (Å²) >= 11 is 0. The van der Waals surface area contributed by atoms with Gasteiger partial charge in [0.2, 0.25) is 0 Å². The fourth-order valence-electron chi connectivity index (χ4n) is 3.82. The third-order valence-electron chi connectivity index (χ3n) is 5.79. The number of ether oxygens (including phenoxy) is 1. The van der Waals surface area contributed by atoms with Gasteiger partial charge in [-0.25, -0.2) is 14.7 Å². The molecule has 1 saturated heterocycles. The molecule has 0 spiro atoms. The number of urea groups is 1. The summed E-state index contributed by atoms with van der Waals surface area (Å²) in [5.74, 6) is 0.476. The molecule has 3 amide bonds. The summed E-state index contributed by atoms with van der Waals surface area (Å²) in [7, 11) is 1.66. The molecule has 1 aromatic carbocycles. The van der Waals surface area contributed by atoms with E-state index in [4.69, 9.17) is 4.74 Å². The normalized spacial score (nSPS) is 17.1. The summed E-state index contributed by atoms with van der Waals surface area (Å²) < 4.78 is 5.16. The number of hydrogen-bond acceptors (Lipinski definition) is 5. The van der Waals surface area contributed by atoms with Crippen LogP contribution in [0.4, 0.5) is 16.3 Å². The number of pyridine rings is 1. The van der Waals surface area contributed by atoms with Crippen LogP contribution in [0.3, 0.4) is 0 Å². The Morgan fingerprint density at radius 3 is 2.38 bits per heavy atom. The lowest BCUT2D eigenvalue weighted by molar-refractivity contribution is -0.123. The molecule has 1 aliphatic heterocycles. The first-order valence-electron chi connectivity index (χ1n) is 10.9. The maximum atomic E-state index is 13.3. The molecular weight excluding hydrogens is 404 g/mol. The summed E-state index contributed by atoms with van der Waals surface area (Å²) in [4.78, 5) is 33.8. The van der Waals surface area contributed by atoms with Crippen molar-refractivity contribution in [1.29, 1.82) is 0 Å². The zero-order valence-corrected chi connectivity index (χ0v) is 20.1. The minimum atomic E-state index is -0.958. The first kappa shape index (κ1) is 23.7. The molecule has 1 aliphatic rings. The molecule has 0 bridgehead atoms. The van der Waals surface area contributed by atoms with Gasteiger partial charge in [-0.15, -0.1) is 0 Å². The summed E-state index contributed by atoms with van der Waals surface area (Å²) in [5, 5.41) is 3.28. The van der Waals surface area contributed by atoms with Gasteiger partial charge >= 0.3 is 6.03 Å². The molecule has 1 unspecified atom stereocenters. The zero-order chi connectivity index (χ0) is 23.7. The number of amides is 3. The molecule has 1 aromatic heterocycles. The molecule has 1 fully saturated rings. The Morgan fingerprint density at radius 2 is 1.78 bits per heavy atom. The van der Waals surface area contributed by atoms with Crippen molar-refractivity contribution < 1.29 is 14.3 Å². The average Bonchev–Trinajstić information content (AvgIpc) is 2.87. The molecule has 3 rings (SSSR count). The van der Waals surface area contributed by atoms with E-state index in [2.05, 4.69) is 31.1 Å². The molecule has 32 heavy (non-hydrogen) atoms. The van der Waals surface area contributed by atoms with E-state index in [9.17, 15) is 9.59 Å². The second-order valence-electron chi connectivity index (χ2n) is 9.92. The van der Waals surface area contributed by atoms with Crippen LogP contribution in [-0.2, 0) is 21.5 Å². The minimum Gasteiger partial charge on any atom is -0.383 e. The highest BCUT2D eigenvalue weighted by Gasteiger charge is 2.51. The highest BCUT2D eigenvalue weighted by Crippen LogP contribution is 2.34. The van der Waals surface area contributed by atoms with E-state index in [1.54, 1.807) is 32.1 Å². The van der Waals surface area contributed by atoms with Crippen LogP contribution in [0, 0.1) is 0 Å². The second kappa shape index (κ2) is 8.90. The molecule has 2 aromatic rings. The Labute approximate surface area is 190 Å². The molecule has 7 nitrogen and oxygen atoms in total. The number of imide groups is 1. The molecule has 0 radical (unpaired) electrons. The topological polar surface area (TPSA) is 74.8 Å². The number of nitrogens with one attached hydrogen (secondary N) is 1. The maximum absolute atomic E-state index is 13.3. The number of nitrogens with zero attached hydrogens (tertiary/aromatic N) is 3. The first-order valence-corrected chi connectivity index (χ1v) is 10.9. The third-order valence-corrected chi connectivity index (χ3v) is 5.79. The van der Waals surface area contributed by atoms with Crippen molar-refractivity contribution in [2.45, 2.75) is 65.1 Å². The average molecular weight is 439 g/mol. The molecule has 172 valence electrons. The fourth-order valence-corrected chi connectivity index (χ4v) is 3.82. The van der Waals surface area contributed by atoms with E-state index in [0.717, 1.165) is 11.1 Å². The van der Waals surface area contributed by atoms with Gasteiger partial charge in [-0.1, -0.05) is 32.9 Å². The monoisotopic (exact) mass is 438 g/mol. The molecule has 0 aliphatic carbocycles. The predicted octanol–water partition coefficient (Wildman–Crippen LogP) is 4.57. The third kappa shape index (κ3) is 4.78. The van der Waals surface area contributed by atoms with Gasteiger partial charge in [-0.3, -0.25) is 4.79 Å². The standard InChI is InChI=1S/C25H34N4O3/c1-17(16-32-7)27-21-14-18(12-13-26-21)15-28-23(31)29(22(30)25(28,5)6)20-10-8-19(9-11-20)24(2,3)4/h8-14,17H,15-16H2,1-7H3,(H,26,27). The van der Waals surface area contributed by atoms with Crippen molar-refractivity contribution >= 4 is 23.4 Å². The Balaban J connectivity index is 1.83. The maximum Gasteiger partial charge on any atom is 0.332 e. The minimum absolute atomic E-state index is 0.00327. The number of benzene rings is 1. The van der Waals surface area contributed by atoms with Gasteiger partial charge < -0.3 is 15.0 Å². The number of carbonyl (C=O) groups is 2. The van der Waals surface area contributed by atoms with Crippen LogP contribution in [0.15, 0.2) is 42.6 Å². The zero-order valence-electron chi connectivity index (χ0n) is 20.1. The van der Waals surface area contributed by atoms with Crippen molar-refractivity contribution in [3.63, 3.8) is 0 Å². The molecule has 2 heterocycles. The lowest BCUT2D eigenvalue weighted by atomic mass is 9.87. The van der Waals surface area contributed by atoms with E-state index >= 15 is 0 Å². The Morgan fingerprint density at radius 1 is 1.12 bits per heavy atom. The number of rotatable bonds is 7. The van der Waals surface area contributed by atoms with E-state index < -0.39 is 5.54 Å². The van der Waals surface area contributed by atoms with Crippen molar-refractivity contribution in [2.75, 3.05) is 23.9 Å². The summed E-state index contributed by atoms with van der Waals surface area (Å²) in [6.07, 6.45) is 1.70. The summed E-state index contributed by atoms with van der Waals surface area (Å²) in [6.45, 7) is 12.8. The lowest BCUT2D eigenvalue weighted by Gasteiger charge is -2.28. The van der Waals surface area contributed by atoms with Crippen LogP contribution in [0.2, 0.25) is 0 Å². The Kier molecular flexibility index (Phi) is 6.60. The summed E-state index contributed by atoms with van der Waals surface area (Å²) in [5.41, 5.74) is 1.67. The van der Waals surface area contributed by atoms with Gasteiger partial charge in [0.15, 0.2) is 0 Å². The lowest BCUT2D eigenvalue weighted by Crippen LogP contribution is -2.43. The Hall–Kier alpha value is -2.93. The van der Waals surface area contributed by atoms with E-state index in [0.29, 0.717) is 24.7 Å². The van der Waals surface area contributed by atoms with Crippen LogP contribution in [0.25, 0.3) is 0 Å². The van der Waals surface area contributed by atoms with Crippen LogP contribution >= 0.6 is 0 Å². The van der Waals surface area contributed by atoms with Crippen LogP contribution in [0.5, 0.6) is 0 Å². The number of hydrogen-bond donors (Lipinski definition) is 1. The van der Waals surface area contributed by atoms with Gasteiger partial charge in [0.25, 0.3) is 5.91 Å². The smallest absolute Gasteiger partial charge is 0.332 e. The quantitative estimate of drug-likeness (QED) is 0.641. The van der Waals surface area contributed by atoms with Crippen molar-refractivity contribution in [3.8, 4) is 0 Å². The molecule has 0 saturated carbocycles. The van der Waals surface area contributed by atoms with Crippen molar-refractivity contribution in [2.24, 2.45) is 0 Å². The van der Waals surface area contributed by atoms with Crippen molar-refractivity contribution in [1.82, 2.24) is 9.88 Å². The van der Waals surface area contributed by atoms with Gasteiger partial charge in [0, 0.05) is 25.9 Å². The van der Waals surface area contributed by atoms with Gasteiger partial charge in [0.1, 0.15) is 11.4 Å². The van der Waals surface area contributed by atoms with Gasteiger partial charge in [-0.2, -0.15) is 0 Å². The first-order chi connectivity index (χ1) is 14.9. The molecule has 1 N–H and O–H groups in total. The Bertz CT molecular complexity index is 979. The van der Waals surface area contributed by atoms with Crippen LogP contribution < -0.4 is 10.2 Å². The highest BCUT2D eigenvalue weighted by atomic mass is 16.5. The summed E-state index contributed by atoms with van der Waals surface area (Å²) in [6, 6.07) is 11.2. The molecule has 1 atom stereocenters. The van der Waals surface area contributed by atoms with Gasteiger partial charge in [0.05, 0.1) is 12.3 Å². The predicted molar refractivity (Wildman–Crippen MR) is 127 cm³/mol. The van der Waals surface area contributed by atoms with E-state index in [1.165, 1.54) is 4.90 Å². The van der Waals surface area contributed by atoms with E-state index in [-0.39, 0.29) is 23.4 Å².